The molecule has 10 heteroatoms. The van der Waals surface area contributed by atoms with Crippen molar-refractivity contribution in [1.82, 2.24) is 25.2 Å². The van der Waals surface area contributed by atoms with Gasteiger partial charge in [0.15, 0.2) is 5.69 Å². The predicted octanol–water partition coefficient (Wildman–Crippen LogP) is 2.68. The summed E-state index contributed by atoms with van der Waals surface area (Å²) >= 11 is 0. The van der Waals surface area contributed by atoms with Crippen LogP contribution in [0.25, 0.3) is 10.9 Å². The number of hydrogen-bond acceptors (Lipinski definition) is 7. The smallest absolute Gasteiger partial charge is 0.270 e. The number of carbonyl (C=O) groups is 1. The largest absolute Gasteiger partial charge is 0.367 e. The fourth-order valence-electron chi connectivity index (χ4n) is 5.59. The van der Waals surface area contributed by atoms with E-state index < -0.39 is 5.82 Å². The number of aromatic amines is 1. The summed E-state index contributed by atoms with van der Waals surface area (Å²) in [6, 6.07) is 10.5. The lowest BCUT2D eigenvalue weighted by molar-refractivity contribution is 0.0946. The van der Waals surface area contributed by atoms with Crippen molar-refractivity contribution in [1.29, 1.82) is 5.26 Å². The number of nitriles is 1. The summed E-state index contributed by atoms with van der Waals surface area (Å²) in [5.41, 5.74) is 1.56. The van der Waals surface area contributed by atoms with Gasteiger partial charge in [-0.2, -0.15) is 5.26 Å². The van der Waals surface area contributed by atoms with Gasteiger partial charge in [-0.25, -0.2) is 14.4 Å². The molecule has 2 aromatic heterocycles. The molecule has 0 radical (unpaired) electrons. The second-order valence-corrected chi connectivity index (χ2v) is 10.2. The van der Waals surface area contributed by atoms with Crippen LogP contribution < -0.4 is 15.8 Å². The fraction of sp³-hybridized carbons (Fsp3) is 0.444. The van der Waals surface area contributed by atoms with Crippen molar-refractivity contribution in [3.05, 3.63) is 63.7 Å². The number of anilines is 1. The molecule has 0 spiro atoms. The van der Waals surface area contributed by atoms with E-state index in [1.807, 2.05) is 6.07 Å². The van der Waals surface area contributed by atoms with Gasteiger partial charge in [-0.1, -0.05) is 0 Å². The van der Waals surface area contributed by atoms with E-state index in [0.717, 1.165) is 64.0 Å². The Bertz CT molecular complexity index is 1450. The average molecular weight is 502 g/mol. The number of aromatic nitrogens is 3. The van der Waals surface area contributed by atoms with Gasteiger partial charge in [0.2, 0.25) is 0 Å². The normalized spacial score (nSPS) is 22.2. The molecule has 0 unspecified atom stereocenters. The van der Waals surface area contributed by atoms with E-state index in [2.05, 4.69) is 36.1 Å². The lowest BCUT2D eigenvalue weighted by Crippen LogP contribution is -2.50. The number of carbonyl (C=O) groups excluding carboxylic acids is 1. The van der Waals surface area contributed by atoms with E-state index in [1.165, 1.54) is 12.1 Å². The minimum absolute atomic E-state index is 0.161. The van der Waals surface area contributed by atoms with Crippen LogP contribution in [0.3, 0.4) is 0 Å². The number of nitrogens with one attached hydrogen (secondary N) is 2. The summed E-state index contributed by atoms with van der Waals surface area (Å²) in [7, 11) is 0. The zero-order valence-electron chi connectivity index (χ0n) is 20.4. The first-order chi connectivity index (χ1) is 18.0. The molecule has 1 amide bonds. The summed E-state index contributed by atoms with van der Waals surface area (Å²) in [5.74, 6) is 0.176. The van der Waals surface area contributed by atoms with Gasteiger partial charge >= 0.3 is 0 Å². The van der Waals surface area contributed by atoms with E-state index >= 15 is 0 Å². The van der Waals surface area contributed by atoms with Crippen molar-refractivity contribution < 1.29 is 9.18 Å². The van der Waals surface area contributed by atoms with E-state index in [9.17, 15) is 19.2 Å². The van der Waals surface area contributed by atoms with Crippen LogP contribution in [0.1, 0.15) is 60.0 Å². The van der Waals surface area contributed by atoms with Crippen LogP contribution >= 0.6 is 0 Å². The Balaban J connectivity index is 1.09. The molecule has 9 nitrogen and oxygen atoms in total. The third kappa shape index (κ3) is 4.79. The molecule has 2 aliphatic carbocycles. The third-order valence-corrected chi connectivity index (χ3v) is 7.77. The van der Waals surface area contributed by atoms with Gasteiger partial charge in [-0.05, 0) is 62.4 Å². The van der Waals surface area contributed by atoms with Gasteiger partial charge in [-0.3, -0.25) is 14.5 Å². The van der Waals surface area contributed by atoms with Crippen molar-refractivity contribution in [3.63, 3.8) is 0 Å². The third-order valence-electron chi connectivity index (χ3n) is 7.77. The number of rotatable bonds is 5. The zero-order chi connectivity index (χ0) is 25.5. The Hall–Kier alpha value is -3.84. The number of fused-ring (bicyclic) bond motifs is 1. The van der Waals surface area contributed by atoms with Crippen LogP contribution in [-0.2, 0) is 0 Å². The number of pyridine rings is 1. The molecular weight excluding hydrogens is 473 g/mol. The lowest BCUT2D eigenvalue weighted by Gasteiger charge is -2.39. The molecule has 2 saturated carbocycles. The van der Waals surface area contributed by atoms with Crippen molar-refractivity contribution in [2.45, 2.75) is 50.1 Å². The van der Waals surface area contributed by atoms with E-state index in [4.69, 9.17) is 0 Å². The van der Waals surface area contributed by atoms with Crippen LogP contribution in [0.15, 0.2) is 35.1 Å². The summed E-state index contributed by atoms with van der Waals surface area (Å²) in [5, 5.41) is 12.9. The predicted molar refractivity (Wildman–Crippen MR) is 136 cm³/mol. The molecule has 0 bridgehead atoms. The summed E-state index contributed by atoms with van der Waals surface area (Å²) < 4.78 is 13.5. The maximum atomic E-state index is 13.5. The molecule has 3 fully saturated rings. The second kappa shape index (κ2) is 9.56. The SMILES string of the molecule is N#Cc1nc(C(=O)NC2CC2)ccc1N1CCN([C@@H]2CC[C@@H](c3nc4ccc(F)cc4c(=O)[nH]3)C2)CC1. The Labute approximate surface area is 213 Å². The molecule has 3 heterocycles. The molecule has 1 saturated heterocycles. The molecule has 2 atom stereocenters. The van der Waals surface area contributed by atoms with Gasteiger partial charge in [0.05, 0.1) is 16.6 Å². The highest BCUT2D eigenvalue weighted by atomic mass is 19.1. The second-order valence-electron chi connectivity index (χ2n) is 10.2. The molecule has 190 valence electrons. The van der Waals surface area contributed by atoms with E-state index in [1.54, 1.807) is 12.1 Å². The molecular formula is C27H28FN7O2. The minimum Gasteiger partial charge on any atom is -0.367 e. The molecule has 3 aromatic rings. The Morgan fingerprint density at radius 2 is 1.89 bits per heavy atom. The minimum atomic E-state index is -0.444. The quantitative estimate of drug-likeness (QED) is 0.552. The molecule has 2 N–H and O–H groups in total. The Morgan fingerprint density at radius 3 is 2.65 bits per heavy atom. The number of nitrogens with zero attached hydrogens (tertiary/aromatic N) is 5. The van der Waals surface area contributed by atoms with Crippen molar-refractivity contribution >= 4 is 22.5 Å². The number of amides is 1. The first kappa shape index (κ1) is 23.6. The highest BCUT2D eigenvalue weighted by molar-refractivity contribution is 5.93. The standard InChI is InChI=1S/C27H28FN7O2/c28-17-2-6-21-20(14-17)26(36)33-25(32-21)16-1-5-19(13-16)34-9-11-35(12-10-34)24-8-7-22(31-23(24)15-29)27(37)30-18-3-4-18/h2,6-8,14,16,18-19H,1,3-5,9-13H2,(H,30,37)(H,32,33,36)/t16-,19-/m1/s1. The van der Waals surface area contributed by atoms with Crippen molar-refractivity contribution in [2.24, 2.45) is 0 Å². The molecule has 1 aliphatic heterocycles. The van der Waals surface area contributed by atoms with Crippen LogP contribution in [-0.4, -0.2) is 64.0 Å². The fourth-order valence-corrected chi connectivity index (χ4v) is 5.59. The number of halogens is 1. The Kier molecular flexibility index (Phi) is 6.08. The van der Waals surface area contributed by atoms with Gasteiger partial charge in [0.1, 0.15) is 23.4 Å². The first-order valence-electron chi connectivity index (χ1n) is 12.9. The maximum absolute atomic E-state index is 13.5. The lowest BCUT2D eigenvalue weighted by atomic mass is 10.1. The molecule has 1 aromatic carbocycles. The Morgan fingerprint density at radius 1 is 1.08 bits per heavy atom. The van der Waals surface area contributed by atoms with Crippen molar-refractivity contribution in [3.8, 4) is 6.07 Å². The number of benzene rings is 1. The van der Waals surface area contributed by atoms with Gasteiger partial charge in [0.25, 0.3) is 11.5 Å². The first-order valence-corrected chi connectivity index (χ1v) is 12.9. The molecule has 6 rings (SSSR count). The molecule has 3 aliphatic rings. The van der Waals surface area contributed by atoms with Crippen LogP contribution in [0, 0.1) is 17.1 Å². The summed E-state index contributed by atoms with van der Waals surface area (Å²) in [4.78, 5) is 41.3. The van der Waals surface area contributed by atoms with Crippen LogP contribution in [0.5, 0.6) is 0 Å². The van der Waals surface area contributed by atoms with E-state index in [0.29, 0.717) is 17.4 Å². The van der Waals surface area contributed by atoms with Gasteiger partial charge in [0, 0.05) is 44.2 Å². The highest BCUT2D eigenvalue weighted by Gasteiger charge is 2.34. The van der Waals surface area contributed by atoms with Crippen molar-refractivity contribution in [2.75, 3.05) is 31.1 Å². The number of piperazine rings is 1. The van der Waals surface area contributed by atoms with Crippen LogP contribution in [0.2, 0.25) is 0 Å². The molecule has 37 heavy (non-hydrogen) atoms. The average Bonchev–Trinajstić information content (AvgIpc) is 3.59. The monoisotopic (exact) mass is 501 g/mol. The number of H-pyrrole nitrogens is 1. The maximum Gasteiger partial charge on any atom is 0.270 e. The van der Waals surface area contributed by atoms with Gasteiger partial charge < -0.3 is 15.2 Å². The van der Waals surface area contributed by atoms with Gasteiger partial charge in [-0.15, -0.1) is 0 Å². The van der Waals surface area contributed by atoms with E-state index in [-0.39, 0.29) is 40.2 Å². The van der Waals surface area contributed by atoms with Crippen LogP contribution in [0.4, 0.5) is 10.1 Å². The number of hydrogen-bond donors (Lipinski definition) is 2. The summed E-state index contributed by atoms with van der Waals surface area (Å²) in [6.45, 7) is 3.24. The summed E-state index contributed by atoms with van der Waals surface area (Å²) in [6.07, 6.45) is 4.86. The topological polar surface area (TPSA) is 118 Å². The zero-order valence-corrected chi connectivity index (χ0v) is 20.4. The highest BCUT2D eigenvalue weighted by Crippen LogP contribution is 2.36.